The Morgan fingerprint density at radius 1 is 0.771 bits per heavy atom. The number of alkyl halides is 15. The van der Waals surface area contributed by atoms with E-state index in [1.54, 1.807) is 0 Å². The van der Waals surface area contributed by atoms with Crippen molar-refractivity contribution < 1.29 is 84.9 Å². The molecule has 1 aromatic heterocycles. The van der Waals surface area contributed by atoms with Crippen molar-refractivity contribution in [3.63, 3.8) is 0 Å². The molecular formula is C15H7F15O4S. The highest BCUT2D eigenvalue weighted by atomic mass is 32.1. The molecule has 1 unspecified atom stereocenters. The fourth-order valence-electron chi connectivity index (χ4n) is 2.30. The summed E-state index contributed by atoms with van der Waals surface area (Å²) in [6.45, 7) is -2.09. The third-order valence-electron chi connectivity index (χ3n) is 4.30. The molecular weight excluding hydrogens is 561 g/mol. The summed E-state index contributed by atoms with van der Waals surface area (Å²) in [5.41, 5.74) is 0. The lowest BCUT2D eigenvalue weighted by atomic mass is 9.91. The van der Waals surface area contributed by atoms with Gasteiger partial charge in [0.15, 0.2) is 17.6 Å². The second-order valence-electron chi connectivity index (χ2n) is 6.69. The Labute approximate surface area is 186 Å². The second-order valence-corrected chi connectivity index (χ2v) is 7.44. The number of hydrogen-bond acceptors (Lipinski definition) is 5. The van der Waals surface area contributed by atoms with Crippen LogP contribution in [0.4, 0.5) is 65.9 Å². The molecule has 0 radical (unpaired) electrons. The van der Waals surface area contributed by atoms with Crippen LogP contribution in [0.2, 0.25) is 0 Å². The number of hydrogen-bond donors (Lipinski definition) is 0. The Hall–Kier alpha value is -2.28. The minimum Gasteiger partial charge on any atom is -0.485 e. The highest BCUT2D eigenvalue weighted by molar-refractivity contribution is 7.08. The van der Waals surface area contributed by atoms with Crippen molar-refractivity contribution in [1.82, 2.24) is 0 Å². The number of carbonyl (C=O) groups excluding carboxylic acids is 1. The molecule has 1 aromatic rings. The largest absolute Gasteiger partial charge is 0.485 e. The Morgan fingerprint density at radius 2 is 1.23 bits per heavy atom. The van der Waals surface area contributed by atoms with Crippen molar-refractivity contribution in [2.24, 2.45) is 0 Å². The average Bonchev–Trinajstić information content (AvgIpc) is 3.18. The lowest BCUT2D eigenvalue weighted by molar-refractivity contribution is -0.450. The van der Waals surface area contributed by atoms with Gasteiger partial charge in [-0.05, 0) is 0 Å². The number of carbonyl (C=O) groups is 1. The van der Waals surface area contributed by atoms with Gasteiger partial charge in [-0.25, -0.2) is 4.79 Å². The monoisotopic (exact) mass is 568 g/mol. The SMILES string of the molecule is O=C(OCC1COc2cscc2O1)C(F)(F)C(F)(F)C(F)(F)C(F)(F)C(F)(F)C(F)(F)C(F)(F)F. The molecule has 0 amide bonds. The van der Waals surface area contributed by atoms with E-state index in [9.17, 15) is 70.7 Å². The van der Waals surface area contributed by atoms with Crippen molar-refractivity contribution in [3.8, 4) is 11.5 Å². The fraction of sp³-hybridized carbons (Fsp3) is 0.667. The third kappa shape index (κ3) is 4.20. The predicted molar refractivity (Wildman–Crippen MR) is 80.9 cm³/mol. The molecule has 0 aromatic carbocycles. The summed E-state index contributed by atoms with van der Waals surface area (Å²) in [4.78, 5) is 11.3. The van der Waals surface area contributed by atoms with Gasteiger partial charge in [0.05, 0.1) is 0 Å². The van der Waals surface area contributed by atoms with Gasteiger partial charge < -0.3 is 14.2 Å². The molecule has 202 valence electrons. The lowest BCUT2D eigenvalue weighted by Gasteiger charge is -2.40. The normalized spacial score (nSPS) is 18.4. The number of thiophene rings is 1. The van der Waals surface area contributed by atoms with Gasteiger partial charge in [0, 0.05) is 10.8 Å². The number of halogens is 15. The first kappa shape index (κ1) is 29.0. The average molecular weight is 568 g/mol. The van der Waals surface area contributed by atoms with E-state index < -0.39 is 67.0 Å². The molecule has 1 aliphatic heterocycles. The van der Waals surface area contributed by atoms with E-state index in [1.165, 1.54) is 10.8 Å². The summed E-state index contributed by atoms with van der Waals surface area (Å²) in [6, 6.07) is 0. The van der Waals surface area contributed by atoms with E-state index in [2.05, 4.69) is 4.74 Å². The van der Waals surface area contributed by atoms with E-state index in [0.29, 0.717) is 0 Å². The van der Waals surface area contributed by atoms with Gasteiger partial charge in [0.25, 0.3) is 0 Å². The molecule has 35 heavy (non-hydrogen) atoms. The summed E-state index contributed by atoms with van der Waals surface area (Å²) in [7, 11) is 0. The van der Waals surface area contributed by atoms with Crippen molar-refractivity contribution in [1.29, 1.82) is 0 Å². The van der Waals surface area contributed by atoms with Crippen LogP contribution in [-0.4, -0.2) is 67.0 Å². The first-order valence-corrected chi connectivity index (χ1v) is 9.27. The summed E-state index contributed by atoms with van der Waals surface area (Å²) in [5.74, 6) is -52.2. The number of fused-ring (bicyclic) bond motifs is 1. The third-order valence-corrected chi connectivity index (χ3v) is 5.00. The Morgan fingerprint density at radius 3 is 1.74 bits per heavy atom. The minimum atomic E-state index is -8.48. The molecule has 0 saturated carbocycles. The topological polar surface area (TPSA) is 44.8 Å². The standard InChI is InChI=1S/C15H7F15O4S/c16-9(17,8(31)33-2-5-1-32-6-3-35-4-7(6)34-5)10(18,19)11(20,21)12(22,23)13(24,25)14(26,27)15(28,29)30/h3-5H,1-2H2. The summed E-state index contributed by atoms with van der Waals surface area (Å²) >= 11 is 0.983. The molecule has 2 rings (SSSR count). The molecule has 0 N–H and O–H groups in total. The first-order chi connectivity index (χ1) is 15.5. The summed E-state index contributed by atoms with van der Waals surface area (Å²) in [6.07, 6.45) is -9.26. The number of esters is 1. The molecule has 0 saturated heterocycles. The van der Waals surface area contributed by atoms with E-state index >= 15 is 0 Å². The molecule has 0 bridgehead atoms. The maximum absolute atomic E-state index is 13.7. The quantitative estimate of drug-likeness (QED) is 0.294. The zero-order chi connectivity index (χ0) is 27.5. The smallest absolute Gasteiger partial charge is 0.460 e. The minimum absolute atomic E-state index is 0.0709. The van der Waals surface area contributed by atoms with Crippen molar-refractivity contribution in [2.75, 3.05) is 13.2 Å². The van der Waals surface area contributed by atoms with Crippen LogP contribution in [-0.2, 0) is 9.53 Å². The molecule has 1 aliphatic rings. The van der Waals surface area contributed by atoms with Gasteiger partial charge in [0.2, 0.25) is 0 Å². The molecule has 4 nitrogen and oxygen atoms in total. The molecule has 20 heteroatoms. The Bertz CT molecular complexity index is 939. The van der Waals surface area contributed by atoms with Crippen LogP contribution >= 0.6 is 11.3 Å². The maximum atomic E-state index is 13.7. The van der Waals surface area contributed by atoms with Crippen molar-refractivity contribution in [2.45, 2.75) is 47.8 Å². The summed E-state index contributed by atoms with van der Waals surface area (Å²) in [5, 5.41) is 2.62. The second kappa shape index (κ2) is 8.39. The molecule has 1 atom stereocenters. The van der Waals surface area contributed by atoms with Crippen LogP contribution in [0, 0.1) is 0 Å². The molecule has 0 fully saturated rings. The van der Waals surface area contributed by atoms with Crippen LogP contribution in [0.5, 0.6) is 11.5 Å². The fourth-order valence-corrected chi connectivity index (χ4v) is 2.97. The van der Waals surface area contributed by atoms with Crippen LogP contribution < -0.4 is 9.47 Å². The maximum Gasteiger partial charge on any atom is 0.460 e. The Balaban J connectivity index is 2.28. The van der Waals surface area contributed by atoms with E-state index in [4.69, 9.17) is 9.47 Å². The lowest BCUT2D eigenvalue weighted by Crippen LogP contribution is -2.73. The van der Waals surface area contributed by atoms with Gasteiger partial charge in [-0.1, -0.05) is 0 Å². The van der Waals surface area contributed by atoms with Crippen molar-refractivity contribution >= 4 is 17.3 Å². The van der Waals surface area contributed by atoms with Gasteiger partial charge >= 0.3 is 47.7 Å². The van der Waals surface area contributed by atoms with Gasteiger partial charge in [-0.15, -0.1) is 11.3 Å². The van der Waals surface area contributed by atoms with Crippen LogP contribution in [0.1, 0.15) is 0 Å². The van der Waals surface area contributed by atoms with Gasteiger partial charge in [-0.2, -0.15) is 65.9 Å². The van der Waals surface area contributed by atoms with Gasteiger partial charge in [0.1, 0.15) is 13.2 Å². The zero-order valence-electron chi connectivity index (χ0n) is 15.9. The molecule has 2 heterocycles. The first-order valence-electron chi connectivity index (χ1n) is 8.33. The van der Waals surface area contributed by atoms with E-state index in [1.807, 2.05) is 0 Å². The van der Waals surface area contributed by atoms with Crippen LogP contribution in [0.3, 0.4) is 0 Å². The van der Waals surface area contributed by atoms with Crippen LogP contribution in [0.25, 0.3) is 0 Å². The van der Waals surface area contributed by atoms with Gasteiger partial charge in [-0.3, -0.25) is 0 Å². The summed E-state index contributed by atoms with van der Waals surface area (Å²) < 4.78 is 210. The molecule has 0 spiro atoms. The Kier molecular flexibility index (Phi) is 6.94. The van der Waals surface area contributed by atoms with E-state index in [0.717, 1.165) is 11.3 Å². The van der Waals surface area contributed by atoms with Crippen molar-refractivity contribution in [3.05, 3.63) is 10.8 Å². The van der Waals surface area contributed by atoms with E-state index in [-0.39, 0.29) is 11.5 Å². The highest BCUT2D eigenvalue weighted by Crippen LogP contribution is 2.62. The highest BCUT2D eigenvalue weighted by Gasteiger charge is 2.94. The van der Waals surface area contributed by atoms with Crippen LogP contribution in [0.15, 0.2) is 10.8 Å². The zero-order valence-corrected chi connectivity index (χ0v) is 16.7. The number of rotatable bonds is 8. The molecule has 0 aliphatic carbocycles. The predicted octanol–water partition coefficient (Wildman–Crippen LogP) is 5.81. The number of ether oxygens (including phenoxy) is 3.